The van der Waals surface area contributed by atoms with E-state index in [0.717, 1.165) is 11.1 Å². The molecule has 2 N–H and O–H groups in total. The molecule has 0 aliphatic rings. The largest absolute Gasteiger partial charge is 0.477 e. The lowest BCUT2D eigenvalue weighted by molar-refractivity contribution is -0.385. The molecule has 3 aromatic rings. The van der Waals surface area contributed by atoms with E-state index in [0.29, 0.717) is 22.2 Å². The van der Waals surface area contributed by atoms with Crippen molar-refractivity contribution in [1.29, 1.82) is 0 Å². The molecule has 8 heteroatoms. The molecule has 0 unspecified atom stereocenters. The molecule has 0 radical (unpaired) electrons. The van der Waals surface area contributed by atoms with Crippen molar-refractivity contribution in [3.63, 3.8) is 0 Å². The average molecular weight is 381 g/mol. The van der Waals surface area contributed by atoms with Crippen LogP contribution in [0.1, 0.15) is 27.2 Å². The number of hydrogen-bond donors (Lipinski definition) is 2. The number of carbonyl (C=O) groups excluding carboxylic acids is 1. The van der Waals surface area contributed by atoms with E-state index in [1.54, 1.807) is 24.6 Å². The van der Waals surface area contributed by atoms with Crippen LogP contribution in [0, 0.1) is 24.0 Å². The van der Waals surface area contributed by atoms with Gasteiger partial charge < -0.3 is 15.0 Å². The van der Waals surface area contributed by atoms with Crippen LogP contribution < -0.4 is 5.32 Å². The number of benzene rings is 2. The van der Waals surface area contributed by atoms with E-state index in [1.807, 2.05) is 25.1 Å². The highest BCUT2D eigenvalue weighted by molar-refractivity contribution is 6.03. The van der Waals surface area contributed by atoms with Gasteiger partial charge in [0.05, 0.1) is 22.6 Å². The SMILES string of the molecule is Cc1ccc2c(c1)c(CC(=O)Nc1cccc([N+](=O)[O-])c1C)c(C(=O)O)n2C. The number of carbonyl (C=O) groups is 2. The molecule has 1 aromatic heterocycles. The fourth-order valence-corrected chi connectivity index (χ4v) is 3.40. The summed E-state index contributed by atoms with van der Waals surface area (Å²) in [5.41, 5.74) is 2.70. The molecule has 0 fully saturated rings. The van der Waals surface area contributed by atoms with Crippen LogP contribution in [0.2, 0.25) is 0 Å². The van der Waals surface area contributed by atoms with Gasteiger partial charge >= 0.3 is 5.97 Å². The average Bonchev–Trinajstić information content (AvgIpc) is 2.88. The maximum Gasteiger partial charge on any atom is 0.352 e. The molecule has 0 bridgehead atoms. The topological polar surface area (TPSA) is 114 Å². The van der Waals surface area contributed by atoms with Gasteiger partial charge in [-0.05, 0) is 32.0 Å². The number of carboxylic acid groups (broad SMARTS) is 1. The zero-order chi connectivity index (χ0) is 20.6. The Balaban J connectivity index is 1.99. The fraction of sp³-hybridized carbons (Fsp3) is 0.200. The molecule has 3 rings (SSSR count). The Bertz CT molecular complexity index is 1130. The second kappa shape index (κ2) is 7.15. The quantitative estimate of drug-likeness (QED) is 0.518. The van der Waals surface area contributed by atoms with Gasteiger partial charge in [-0.3, -0.25) is 14.9 Å². The van der Waals surface area contributed by atoms with Gasteiger partial charge in [-0.15, -0.1) is 0 Å². The number of amides is 1. The van der Waals surface area contributed by atoms with Crippen molar-refractivity contribution in [1.82, 2.24) is 4.57 Å². The van der Waals surface area contributed by atoms with Gasteiger partial charge in [-0.2, -0.15) is 0 Å². The number of aromatic carboxylic acids is 1. The molecule has 1 heterocycles. The van der Waals surface area contributed by atoms with Crippen molar-refractivity contribution >= 4 is 34.2 Å². The molecule has 0 aliphatic carbocycles. The van der Waals surface area contributed by atoms with Crippen LogP contribution in [-0.2, 0) is 18.3 Å². The molecule has 28 heavy (non-hydrogen) atoms. The molecular weight excluding hydrogens is 362 g/mol. The number of nitrogens with one attached hydrogen (secondary N) is 1. The first kappa shape index (κ1) is 19.1. The van der Waals surface area contributed by atoms with Crippen molar-refractivity contribution in [2.75, 3.05) is 5.32 Å². The van der Waals surface area contributed by atoms with Crippen LogP contribution in [0.5, 0.6) is 0 Å². The third-order valence-corrected chi connectivity index (χ3v) is 4.78. The van der Waals surface area contributed by atoms with Gasteiger partial charge in [0.2, 0.25) is 5.91 Å². The molecule has 0 spiro atoms. The molecule has 0 aliphatic heterocycles. The first-order valence-corrected chi connectivity index (χ1v) is 8.55. The van der Waals surface area contributed by atoms with E-state index >= 15 is 0 Å². The van der Waals surface area contributed by atoms with Gasteiger partial charge in [0.15, 0.2) is 0 Å². The molecule has 8 nitrogen and oxygen atoms in total. The lowest BCUT2D eigenvalue weighted by Crippen LogP contribution is -2.17. The smallest absolute Gasteiger partial charge is 0.352 e. The lowest BCUT2D eigenvalue weighted by Gasteiger charge is -2.09. The van der Waals surface area contributed by atoms with Crippen molar-refractivity contribution in [2.45, 2.75) is 20.3 Å². The monoisotopic (exact) mass is 381 g/mol. The molecule has 144 valence electrons. The number of nitrogens with zero attached hydrogens (tertiary/aromatic N) is 2. The van der Waals surface area contributed by atoms with Crippen molar-refractivity contribution in [3.05, 3.63) is 68.9 Å². The number of carboxylic acids is 1. The van der Waals surface area contributed by atoms with Crippen LogP contribution in [0.3, 0.4) is 0 Å². The minimum absolute atomic E-state index is 0.0477. The normalized spacial score (nSPS) is 10.8. The maximum atomic E-state index is 12.6. The minimum atomic E-state index is -1.12. The first-order valence-electron chi connectivity index (χ1n) is 8.55. The summed E-state index contributed by atoms with van der Waals surface area (Å²) in [4.78, 5) is 35.0. The lowest BCUT2D eigenvalue weighted by atomic mass is 10.0. The molecule has 0 saturated carbocycles. The third kappa shape index (κ3) is 3.32. The standard InChI is InChI=1S/C20H19N3O5/c1-11-7-8-17-13(9-11)14(19(20(25)26)22(17)3)10-18(24)21-15-5-4-6-16(12(15)2)23(27)28/h4-9H,10H2,1-3H3,(H,21,24)(H,25,26). The van der Waals surface area contributed by atoms with E-state index in [2.05, 4.69) is 5.32 Å². The second-order valence-corrected chi connectivity index (χ2v) is 6.64. The number of rotatable bonds is 5. The first-order chi connectivity index (χ1) is 13.2. The van der Waals surface area contributed by atoms with Crippen LogP contribution >= 0.6 is 0 Å². The summed E-state index contributed by atoms with van der Waals surface area (Å²) in [6.45, 7) is 3.45. The Labute approximate surface area is 160 Å². The Morgan fingerprint density at radius 1 is 1.21 bits per heavy atom. The van der Waals surface area contributed by atoms with Gasteiger partial charge in [0.1, 0.15) is 5.69 Å². The minimum Gasteiger partial charge on any atom is -0.477 e. The van der Waals surface area contributed by atoms with E-state index in [9.17, 15) is 24.8 Å². The summed E-state index contributed by atoms with van der Waals surface area (Å²) in [7, 11) is 1.65. The van der Waals surface area contributed by atoms with Crippen molar-refractivity contribution in [2.24, 2.45) is 7.05 Å². The van der Waals surface area contributed by atoms with E-state index in [-0.39, 0.29) is 17.8 Å². The van der Waals surface area contributed by atoms with Crippen LogP contribution in [0.25, 0.3) is 10.9 Å². The molecule has 0 saturated heterocycles. The van der Waals surface area contributed by atoms with E-state index in [1.165, 1.54) is 12.1 Å². The van der Waals surface area contributed by atoms with Gasteiger partial charge in [0.25, 0.3) is 5.69 Å². The van der Waals surface area contributed by atoms with Gasteiger partial charge in [-0.25, -0.2) is 4.79 Å². The summed E-state index contributed by atoms with van der Waals surface area (Å²) in [6, 6.07) is 9.98. The molecule has 2 aromatic carbocycles. The Morgan fingerprint density at radius 2 is 1.93 bits per heavy atom. The molecule has 0 atom stereocenters. The molecular formula is C20H19N3O5. The summed E-state index contributed by atoms with van der Waals surface area (Å²) >= 11 is 0. The highest BCUT2D eigenvalue weighted by Gasteiger charge is 2.23. The number of fused-ring (bicyclic) bond motifs is 1. The van der Waals surface area contributed by atoms with Crippen molar-refractivity contribution in [3.8, 4) is 0 Å². The number of nitro groups is 1. The zero-order valence-electron chi connectivity index (χ0n) is 15.6. The predicted molar refractivity (Wildman–Crippen MR) is 105 cm³/mol. The summed E-state index contributed by atoms with van der Waals surface area (Å²) in [5, 5.41) is 24.1. The van der Waals surface area contributed by atoms with Crippen LogP contribution in [-0.4, -0.2) is 26.5 Å². The number of hydrogen-bond acceptors (Lipinski definition) is 4. The Hall–Kier alpha value is -3.68. The van der Waals surface area contributed by atoms with Gasteiger partial charge in [0, 0.05) is 29.6 Å². The number of nitro benzene ring substituents is 1. The number of aryl methyl sites for hydroxylation is 2. The predicted octanol–water partition coefficient (Wildman–Crippen LogP) is 3.58. The highest BCUT2D eigenvalue weighted by atomic mass is 16.6. The van der Waals surface area contributed by atoms with E-state index in [4.69, 9.17) is 0 Å². The zero-order valence-corrected chi connectivity index (χ0v) is 15.6. The molecule has 1 amide bonds. The number of aromatic nitrogens is 1. The van der Waals surface area contributed by atoms with E-state index < -0.39 is 16.8 Å². The Morgan fingerprint density at radius 3 is 2.57 bits per heavy atom. The third-order valence-electron chi connectivity index (χ3n) is 4.78. The number of anilines is 1. The van der Waals surface area contributed by atoms with Crippen LogP contribution in [0.15, 0.2) is 36.4 Å². The summed E-state index contributed by atoms with van der Waals surface area (Å²) in [5.74, 6) is -1.56. The second-order valence-electron chi connectivity index (χ2n) is 6.64. The fourth-order valence-electron chi connectivity index (χ4n) is 3.40. The van der Waals surface area contributed by atoms with Crippen molar-refractivity contribution < 1.29 is 19.6 Å². The summed E-state index contributed by atoms with van der Waals surface area (Å²) < 4.78 is 1.55. The van der Waals surface area contributed by atoms with Crippen LogP contribution in [0.4, 0.5) is 11.4 Å². The summed E-state index contributed by atoms with van der Waals surface area (Å²) in [6.07, 6.45) is -0.162. The maximum absolute atomic E-state index is 12.6. The van der Waals surface area contributed by atoms with Gasteiger partial charge in [-0.1, -0.05) is 17.7 Å². The highest BCUT2D eigenvalue weighted by Crippen LogP contribution is 2.29. The Kier molecular flexibility index (Phi) is 4.87.